The number of carbonyl (C=O) groups excluding carboxylic acids is 1. The van der Waals surface area contributed by atoms with E-state index >= 15 is 0 Å². The number of carbonyl (C=O) groups is 1. The van der Waals surface area contributed by atoms with Crippen molar-refractivity contribution in [2.24, 2.45) is 0 Å². The van der Waals surface area contributed by atoms with E-state index in [4.69, 9.17) is 4.52 Å². The maximum absolute atomic E-state index is 13.1. The van der Waals surface area contributed by atoms with Gasteiger partial charge in [-0.25, -0.2) is 12.8 Å². The molecule has 1 amide bonds. The van der Waals surface area contributed by atoms with Gasteiger partial charge in [-0.05, 0) is 42.8 Å². The number of sulfonamides is 1. The van der Waals surface area contributed by atoms with Gasteiger partial charge in [-0.1, -0.05) is 5.16 Å². The summed E-state index contributed by atoms with van der Waals surface area (Å²) in [6, 6.07) is 8.29. The molecule has 0 bridgehead atoms. The second-order valence-corrected chi connectivity index (χ2v) is 9.28. The van der Waals surface area contributed by atoms with E-state index in [-0.39, 0.29) is 30.3 Å². The molecule has 1 aliphatic rings. The molecule has 1 saturated heterocycles. The molecule has 168 valence electrons. The van der Waals surface area contributed by atoms with E-state index in [2.05, 4.69) is 15.1 Å². The maximum atomic E-state index is 13.1. The Bertz CT molecular complexity index is 1170. The highest BCUT2D eigenvalue weighted by Crippen LogP contribution is 2.19. The van der Waals surface area contributed by atoms with Crippen LogP contribution >= 0.6 is 0 Å². The molecule has 9 nitrogen and oxygen atoms in total. The van der Waals surface area contributed by atoms with Gasteiger partial charge in [0, 0.05) is 57.0 Å². The van der Waals surface area contributed by atoms with Crippen LogP contribution in [-0.2, 0) is 21.2 Å². The van der Waals surface area contributed by atoms with E-state index in [0.717, 1.165) is 17.7 Å². The summed E-state index contributed by atoms with van der Waals surface area (Å²) in [5, 5.41) is 3.93. The fourth-order valence-electron chi connectivity index (χ4n) is 3.49. The fourth-order valence-corrected chi connectivity index (χ4v) is 4.96. The van der Waals surface area contributed by atoms with Gasteiger partial charge < -0.3 is 9.42 Å². The number of amides is 1. The zero-order valence-corrected chi connectivity index (χ0v) is 18.0. The molecule has 0 unspecified atom stereocenters. The molecule has 3 aromatic rings. The molecular formula is C21H22FN5O4S. The predicted octanol–water partition coefficient (Wildman–Crippen LogP) is 2.13. The lowest BCUT2D eigenvalue weighted by Crippen LogP contribution is -2.37. The summed E-state index contributed by atoms with van der Waals surface area (Å²) < 4.78 is 45.4. The number of aromatic nitrogens is 3. The Morgan fingerprint density at radius 2 is 1.78 bits per heavy atom. The summed E-state index contributed by atoms with van der Waals surface area (Å²) in [5.74, 6) is 0.201. The normalized spacial score (nSPS) is 15.5. The number of hydrogen-bond acceptors (Lipinski definition) is 7. The minimum absolute atomic E-state index is 0.0417. The van der Waals surface area contributed by atoms with Crippen LogP contribution in [0.2, 0.25) is 0 Å². The van der Waals surface area contributed by atoms with Gasteiger partial charge in [-0.15, -0.1) is 0 Å². The quantitative estimate of drug-likeness (QED) is 0.555. The van der Waals surface area contributed by atoms with Crippen molar-refractivity contribution >= 4 is 15.9 Å². The van der Waals surface area contributed by atoms with Crippen molar-refractivity contribution in [2.45, 2.75) is 24.2 Å². The van der Waals surface area contributed by atoms with Gasteiger partial charge in [-0.3, -0.25) is 9.78 Å². The van der Waals surface area contributed by atoms with Crippen molar-refractivity contribution in [2.75, 3.05) is 26.2 Å². The van der Waals surface area contributed by atoms with Gasteiger partial charge in [0.05, 0.1) is 4.90 Å². The van der Waals surface area contributed by atoms with E-state index < -0.39 is 15.8 Å². The number of hydrogen-bond donors (Lipinski definition) is 0. The predicted molar refractivity (Wildman–Crippen MR) is 112 cm³/mol. The first-order valence-corrected chi connectivity index (χ1v) is 11.6. The van der Waals surface area contributed by atoms with Gasteiger partial charge in [0.2, 0.25) is 27.6 Å². The molecule has 0 atom stereocenters. The molecular weight excluding hydrogens is 437 g/mol. The lowest BCUT2D eigenvalue weighted by atomic mass is 10.2. The highest BCUT2D eigenvalue weighted by Gasteiger charge is 2.28. The van der Waals surface area contributed by atoms with Crippen molar-refractivity contribution in [3.63, 3.8) is 0 Å². The highest BCUT2D eigenvalue weighted by molar-refractivity contribution is 7.89. The first kappa shape index (κ1) is 22.0. The average molecular weight is 460 g/mol. The van der Waals surface area contributed by atoms with Gasteiger partial charge >= 0.3 is 0 Å². The van der Waals surface area contributed by atoms with Crippen molar-refractivity contribution < 1.29 is 22.1 Å². The van der Waals surface area contributed by atoms with Crippen molar-refractivity contribution in [1.29, 1.82) is 0 Å². The van der Waals surface area contributed by atoms with E-state index in [1.54, 1.807) is 29.4 Å². The number of nitrogens with zero attached hydrogens (tertiary/aromatic N) is 5. The Labute approximate surface area is 184 Å². The maximum Gasteiger partial charge on any atom is 0.243 e. The van der Waals surface area contributed by atoms with Crippen LogP contribution in [0.4, 0.5) is 4.39 Å². The van der Waals surface area contributed by atoms with E-state index in [1.807, 2.05) is 0 Å². The molecule has 1 aromatic carbocycles. The van der Waals surface area contributed by atoms with Crippen molar-refractivity contribution in [3.8, 4) is 11.4 Å². The summed E-state index contributed by atoms with van der Waals surface area (Å²) in [6.45, 7) is 1.21. The Kier molecular flexibility index (Phi) is 6.56. The van der Waals surface area contributed by atoms with Crippen LogP contribution in [0.3, 0.4) is 0 Å². The smallest absolute Gasteiger partial charge is 0.243 e. The first-order valence-electron chi connectivity index (χ1n) is 10.2. The van der Waals surface area contributed by atoms with E-state index in [1.165, 1.54) is 16.4 Å². The van der Waals surface area contributed by atoms with E-state index in [9.17, 15) is 17.6 Å². The summed E-state index contributed by atoms with van der Waals surface area (Å²) in [6.07, 6.45) is 4.26. The molecule has 2 aromatic heterocycles. The molecule has 0 saturated carbocycles. The number of pyridine rings is 1. The average Bonchev–Trinajstić information content (AvgIpc) is 3.13. The van der Waals surface area contributed by atoms with Crippen LogP contribution in [0.5, 0.6) is 0 Å². The summed E-state index contributed by atoms with van der Waals surface area (Å²) in [4.78, 5) is 22.6. The molecule has 32 heavy (non-hydrogen) atoms. The summed E-state index contributed by atoms with van der Waals surface area (Å²) in [7, 11) is -3.74. The SMILES string of the molecule is O=C(CCc1nc(-c2ccncc2)no1)N1CCCN(S(=O)(=O)c2ccc(F)cc2)CC1. The molecule has 1 fully saturated rings. The van der Waals surface area contributed by atoms with Crippen LogP contribution in [-0.4, -0.2) is 64.8 Å². The fraction of sp³-hybridized carbons (Fsp3) is 0.333. The zero-order valence-electron chi connectivity index (χ0n) is 17.2. The minimum Gasteiger partial charge on any atom is -0.341 e. The van der Waals surface area contributed by atoms with Crippen molar-refractivity contribution in [1.82, 2.24) is 24.3 Å². The Balaban J connectivity index is 1.33. The number of benzene rings is 1. The monoisotopic (exact) mass is 459 g/mol. The van der Waals surface area contributed by atoms with Crippen molar-refractivity contribution in [3.05, 3.63) is 60.5 Å². The standard InChI is InChI=1S/C21H22FN5O4S/c22-17-2-4-18(5-3-17)32(29,30)27-13-1-12-26(14-15-27)20(28)7-6-19-24-21(25-31-19)16-8-10-23-11-9-16/h2-5,8-11H,1,6-7,12-15H2. The Morgan fingerprint density at radius 1 is 1.03 bits per heavy atom. The zero-order chi connectivity index (χ0) is 22.6. The molecule has 4 rings (SSSR count). The molecule has 0 spiro atoms. The molecule has 0 aliphatic carbocycles. The second kappa shape index (κ2) is 9.53. The third-order valence-corrected chi connectivity index (χ3v) is 7.13. The molecule has 0 N–H and O–H groups in total. The topological polar surface area (TPSA) is 109 Å². The Morgan fingerprint density at radius 3 is 2.53 bits per heavy atom. The van der Waals surface area contributed by atoms with Crippen LogP contribution in [0, 0.1) is 5.82 Å². The summed E-state index contributed by atoms with van der Waals surface area (Å²) >= 11 is 0. The van der Waals surface area contributed by atoms with Gasteiger partial charge in [0.15, 0.2) is 0 Å². The van der Waals surface area contributed by atoms with E-state index in [0.29, 0.717) is 37.6 Å². The molecule has 0 radical (unpaired) electrons. The van der Waals surface area contributed by atoms with Crippen LogP contribution in [0.15, 0.2) is 58.2 Å². The molecule has 3 heterocycles. The molecule has 11 heteroatoms. The summed E-state index contributed by atoms with van der Waals surface area (Å²) in [5.41, 5.74) is 0.774. The van der Waals surface area contributed by atoms with Crippen LogP contribution in [0.25, 0.3) is 11.4 Å². The number of aryl methyl sites for hydroxylation is 1. The minimum atomic E-state index is -3.74. The third-order valence-electron chi connectivity index (χ3n) is 5.22. The lowest BCUT2D eigenvalue weighted by molar-refractivity contribution is -0.131. The van der Waals surface area contributed by atoms with Gasteiger partial charge in [-0.2, -0.15) is 9.29 Å². The largest absolute Gasteiger partial charge is 0.341 e. The lowest BCUT2D eigenvalue weighted by Gasteiger charge is -2.22. The van der Waals surface area contributed by atoms with Crippen LogP contribution < -0.4 is 0 Å². The first-order chi connectivity index (χ1) is 15.4. The highest BCUT2D eigenvalue weighted by atomic mass is 32.2. The van der Waals surface area contributed by atoms with Gasteiger partial charge in [0.25, 0.3) is 0 Å². The Hall–Kier alpha value is -3.18. The number of halogens is 1. The van der Waals surface area contributed by atoms with Crippen LogP contribution in [0.1, 0.15) is 18.7 Å². The molecule has 1 aliphatic heterocycles. The van der Waals surface area contributed by atoms with Gasteiger partial charge in [0.1, 0.15) is 5.82 Å². The number of rotatable bonds is 6. The second-order valence-electron chi connectivity index (χ2n) is 7.34. The third kappa shape index (κ3) is 5.00.